The van der Waals surface area contributed by atoms with Crippen molar-refractivity contribution in [2.45, 2.75) is 6.54 Å². The quantitative estimate of drug-likeness (QED) is 0.799. The van der Waals surface area contributed by atoms with Crippen LogP contribution in [-0.2, 0) is 11.3 Å². The summed E-state index contributed by atoms with van der Waals surface area (Å²) in [7, 11) is 1.62. The third kappa shape index (κ3) is 4.77. The lowest BCUT2D eigenvalue weighted by atomic mass is 10.2. The number of carbonyl (C=O) groups is 1. The number of amides is 1. The van der Waals surface area contributed by atoms with Gasteiger partial charge in [0.05, 0.1) is 13.7 Å². The van der Waals surface area contributed by atoms with Crippen LogP contribution in [0.3, 0.4) is 0 Å². The maximum atomic E-state index is 11.6. The standard InChI is InChI=1S/C13H18N2O2.ClH/c1-3-8-15(13(16)9-14)10-11-4-6-12(17-2)7-5-11;/h3-7H,1,8-10,14H2,2H3;1H. The Labute approximate surface area is 114 Å². The second-order valence-corrected chi connectivity index (χ2v) is 3.62. The Morgan fingerprint density at radius 3 is 2.50 bits per heavy atom. The first-order chi connectivity index (χ1) is 8.21. The molecule has 0 aliphatic heterocycles. The van der Waals surface area contributed by atoms with Gasteiger partial charge in [0.2, 0.25) is 5.91 Å². The molecule has 0 atom stereocenters. The molecule has 100 valence electrons. The first kappa shape index (κ1) is 16.5. The van der Waals surface area contributed by atoms with E-state index < -0.39 is 0 Å². The van der Waals surface area contributed by atoms with Crippen LogP contribution in [0.4, 0.5) is 0 Å². The van der Waals surface area contributed by atoms with Crippen LogP contribution < -0.4 is 10.5 Å². The zero-order valence-electron chi connectivity index (χ0n) is 10.5. The van der Waals surface area contributed by atoms with Crippen molar-refractivity contribution < 1.29 is 9.53 Å². The van der Waals surface area contributed by atoms with Gasteiger partial charge in [0.25, 0.3) is 0 Å². The molecule has 1 rings (SSSR count). The summed E-state index contributed by atoms with van der Waals surface area (Å²) in [4.78, 5) is 13.2. The summed E-state index contributed by atoms with van der Waals surface area (Å²) >= 11 is 0. The Kier molecular flexibility index (Phi) is 7.83. The predicted molar refractivity (Wildman–Crippen MR) is 74.9 cm³/mol. The van der Waals surface area contributed by atoms with Crippen molar-refractivity contribution in [2.75, 3.05) is 20.2 Å². The molecule has 0 saturated heterocycles. The Hall–Kier alpha value is -1.52. The Bertz CT molecular complexity index is 379. The molecule has 4 nitrogen and oxygen atoms in total. The average molecular weight is 271 g/mol. The summed E-state index contributed by atoms with van der Waals surface area (Å²) in [6, 6.07) is 7.60. The van der Waals surface area contributed by atoms with E-state index in [2.05, 4.69) is 6.58 Å². The number of halogens is 1. The van der Waals surface area contributed by atoms with Gasteiger partial charge in [0.15, 0.2) is 0 Å². The molecule has 0 aromatic heterocycles. The third-order valence-corrected chi connectivity index (χ3v) is 2.41. The second kappa shape index (κ2) is 8.55. The molecular formula is C13H19ClN2O2. The van der Waals surface area contributed by atoms with Crippen molar-refractivity contribution in [1.82, 2.24) is 4.90 Å². The van der Waals surface area contributed by atoms with E-state index in [9.17, 15) is 4.79 Å². The van der Waals surface area contributed by atoms with Crippen molar-refractivity contribution in [3.05, 3.63) is 42.5 Å². The topological polar surface area (TPSA) is 55.6 Å². The number of nitrogens with zero attached hydrogens (tertiary/aromatic N) is 1. The molecule has 0 radical (unpaired) electrons. The molecule has 1 aromatic rings. The minimum atomic E-state index is -0.0827. The van der Waals surface area contributed by atoms with Crippen molar-refractivity contribution in [2.24, 2.45) is 5.73 Å². The van der Waals surface area contributed by atoms with Gasteiger partial charge in [0.1, 0.15) is 5.75 Å². The van der Waals surface area contributed by atoms with Crippen LogP contribution in [0.15, 0.2) is 36.9 Å². The van der Waals surface area contributed by atoms with Crippen LogP contribution in [0.25, 0.3) is 0 Å². The maximum absolute atomic E-state index is 11.6. The molecule has 1 amide bonds. The second-order valence-electron chi connectivity index (χ2n) is 3.62. The molecule has 0 spiro atoms. The van der Waals surface area contributed by atoms with E-state index in [0.717, 1.165) is 11.3 Å². The molecule has 0 heterocycles. The molecule has 18 heavy (non-hydrogen) atoms. The van der Waals surface area contributed by atoms with Crippen LogP contribution >= 0.6 is 12.4 Å². The van der Waals surface area contributed by atoms with Gasteiger partial charge in [-0.15, -0.1) is 19.0 Å². The molecule has 0 unspecified atom stereocenters. The lowest BCUT2D eigenvalue weighted by molar-refractivity contribution is -0.129. The third-order valence-electron chi connectivity index (χ3n) is 2.41. The van der Waals surface area contributed by atoms with Crippen molar-refractivity contribution in [1.29, 1.82) is 0 Å². The van der Waals surface area contributed by atoms with E-state index >= 15 is 0 Å². The van der Waals surface area contributed by atoms with Crippen LogP contribution in [-0.4, -0.2) is 31.0 Å². The van der Waals surface area contributed by atoms with Crippen LogP contribution in [0.1, 0.15) is 5.56 Å². The lowest BCUT2D eigenvalue weighted by Crippen LogP contribution is -2.35. The summed E-state index contributed by atoms with van der Waals surface area (Å²) in [5.74, 6) is 0.717. The molecular weight excluding hydrogens is 252 g/mol. The van der Waals surface area contributed by atoms with Gasteiger partial charge in [-0.2, -0.15) is 0 Å². The zero-order chi connectivity index (χ0) is 12.7. The Morgan fingerprint density at radius 1 is 1.44 bits per heavy atom. The normalized spacial score (nSPS) is 9.22. The van der Waals surface area contributed by atoms with Gasteiger partial charge in [-0.05, 0) is 17.7 Å². The minimum Gasteiger partial charge on any atom is -0.497 e. The zero-order valence-corrected chi connectivity index (χ0v) is 11.3. The van der Waals surface area contributed by atoms with Crippen LogP contribution in [0, 0.1) is 0 Å². The summed E-state index contributed by atoms with van der Waals surface area (Å²) < 4.78 is 5.07. The fourth-order valence-corrected chi connectivity index (χ4v) is 1.49. The number of methoxy groups -OCH3 is 1. The minimum absolute atomic E-state index is 0. The first-order valence-electron chi connectivity index (χ1n) is 5.43. The van der Waals surface area contributed by atoms with Gasteiger partial charge in [-0.3, -0.25) is 4.79 Å². The van der Waals surface area contributed by atoms with E-state index in [1.807, 2.05) is 24.3 Å². The smallest absolute Gasteiger partial charge is 0.236 e. The molecule has 0 bridgehead atoms. The number of hydrogen-bond donors (Lipinski definition) is 1. The van der Waals surface area contributed by atoms with E-state index in [-0.39, 0.29) is 24.9 Å². The number of carbonyl (C=O) groups excluding carboxylic acids is 1. The maximum Gasteiger partial charge on any atom is 0.236 e. The van der Waals surface area contributed by atoms with Crippen molar-refractivity contribution in [3.8, 4) is 5.75 Å². The van der Waals surface area contributed by atoms with E-state index in [0.29, 0.717) is 13.1 Å². The predicted octanol–water partition coefficient (Wildman–Crippen LogP) is 1.59. The fourth-order valence-electron chi connectivity index (χ4n) is 1.49. The monoisotopic (exact) mass is 270 g/mol. The van der Waals surface area contributed by atoms with E-state index in [4.69, 9.17) is 10.5 Å². The summed E-state index contributed by atoms with van der Waals surface area (Å²) in [6.45, 7) is 4.69. The number of ether oxygens (including phenoxy) is 1. The van der Waals surface area contributed by atoms with E-state index in [1.54, 1.807) is 18.1 Å². The number of nitrogens with two attached hydrogens (primary N) is 1. The largest absolute Gasteiger partial charge is 0.497 e. The molecule has 1 aromatic carbocycles. The van der Waals surface area contributed by atoms with Gasteiger partial charge in [-0.1, -0.05) is 18.2 Å². The van der Waals surface area contributed by atoms with Gasteiger partial charge in [0, 0.05) is 13.1 Å². The van der Waals surface area contributed by atoms with Crippen LogP contribution in [0.2, 0.25) is 0 Å². The highest BCUT2D eigenvalue weighted by molar-refractivity contribution is 5.85. The van der Waals surface area contributed by atoms with Crippen molar-refractivity contribution >= 4 is 18.3 Å². The number of rotatable bonds is 6. The lowest BCUT2D eigenvalue weighted by Gasteiger charge is -2.20. The van der Waals surface area contributed by atoms with Gasteiger partial charge in [-0.25, -0.2) is 0 Å². The SMILES string of the molecule is C=CCN(Cc1ccc(OC)cc1)C(=O)CN.Cl. The average Bonchev–Trinajstić information content (AvgIpc) is 2.38. The summed E-state index contributed by atoms with van der Waals surface area (Å²) in [5.41, 5.74) is 6.39. The fraction of sp³-hybridized carbons (Fsp3) is 0.308. The molecule has 0 saturated carbocycles. The van der Waals surface area contributed by atoms with Gasteiger partial charge >= 0.3 is 0 Å². The molecule has 0 aliphatic rings. The highest BCUT2D eigenvalue weighted by Crippen LogP contribution is 2.13. The number of hydrogen-bond acceptors (Lipinski definition) is 3. The Morgan fingerprint density at radius 2 is 2.06 bits per heavy atom. The molecule has 5 heteroatoms. The highest BCUT2D eigenvalue weighted by atomic mass is 35.5. The molecule has 0 aliphatic carbocycles. The summed E-state index contributed by atoms with van der Waals surface area (Å²) in [5, 5.41) is 0. The van der Waals surface area contributed by atoms with Crippen LogP contribution in [0.5, 0.6) is 5.75 Å². The molecule has 0 fully saturated rings. The summed E-state index contributed by atoms with van der Waals surface area (Å²) in [6.07, 6.45) is 1.69. The first-order valence-corrected chi connectivity index (χ1v) is 5.43. The Balaban J connectivity index is 0.00000289. The number of benzene rings is 1. The van der Waals surface area contributed by atoms with Crippen molar-refractivity contribution in [3.63, 3.8) is 0 Å². The van der Waals surface area contributed by atoms with E-state index in [1.165, 1.54) is 0 Å². The molecule has 2 N–H and O–H groups in total. The highest BCUT2D eigenvalue weighted by Gasteiger charge is 2.10. The van der Waals surface area contributed by atoms with Gasteiger partial charge < -0.3 is 15.4 Å².